The van der Waals surface area contributed by atoms with Crippen molar-refractivity contribution in [3.8, 4) is 11.5 Å². The summed E-state index contributed by atoms with van der Waals surface area (Å²) in [6, 6.07) is 27.1. The number of anilines is 1. The normalized spacial score (nSPS) is 20.8. The molecule has 0 unspecified atom stereocenters. The lowest BCUT2D eigenvalue weighted by atomic mass is 9.78. The average molecular weight is 499 g/mol. The van der Waals surface area contributed by atoms with Crippen molar-refractivity contribution in [3.63, 3.8) is 0 Å². The highest BCUT2D eigenvalue weighted by molar-refractivity contribution is 6.06. The van der Waals surface area contributed by atoms with Crippen LogP contribution in [0.15, 0.2) is 78.9 Å². The Bertz CT molecular complexity index is 1170. The van der Waals surface area contributed by atoms with E-state index in [1.165, 1.54) is 31.2 Å². The monoisotopic (exact) mass is 498 g/mol. The Kier molecular flexibility index (Phi) is 8.10. The van der Waals surface area contributed by atoms with Crippen molar-refractivity contribution in [1.82, 2.24) is 4.90 Å². The molecule has 1 saturated heterocycles. The maximum absolute atomic E-state index is 13.9. The van der Waals surface area contributed by atoms with Gasteiger partial charge in [-0.1, -0.05) is 55.3 Å². The van der Waals surface area contributed by atoms with Gasteiger partial charge in [0.2, 0.25) is 0 Å². The van der Waals surface area contributed by atoms with Crippen LogP contribution in [0, 0.1) is 0 Å². The van der Waals surface area contributed by atoms with E-state index in [4.69, 9.17) is 9.47 Å². The summed E-state index contributed by atoms with van der Waals surface area (Å²) < 4.78 is 10.9. The molecule has 5 nitrogen and oxygen atoms in total. The van der Waals surface area contributed by atoms with Gasteiger partial charge in [0.15, 0.2) is 0 Å². The summed E-state index contributed by atoms with van der Waals surface area (Å²) in [6.45, 7) is 2.01. The number of rotatable bonds is 7. The number of piperidine rings is 1. The SMILES string of the molecule is COc1cccc(C(=O)N(c2cccc(OC)c2)C2CCN([C@@H]3CCCC[C@@H]3c3ccccc3)CC2)c1. The molecular formula is C32H38N2O3. The van der Waals surface area contributed by atoms with Gasteiger partial charge in [-0.3, -0.25) is 9.69 Å². The van der Waals surface area contributed by atoms with Crippen molar-refractivity contribution < 1.29 is 14.3 Å². The van der Waals surface area contributed by atoms with Gasteiger partial charge < -0.3 is 14.4 Å². The van der Waals surface area contributed by atoms with Gasteiger partial charge in [-0.25, -0.2) is 0 Å². The zero-order valence-corrected chi connectivity index (χ0v) is 22.0. The molecule has 2 fully saturated rings. The van der Waals surface area contributed by atoms with E-state index in [9.17, 15) is 4.79 Å². The summed E-state index contributed by atoms with van der Waals surface area (Å²) >= 11 is 0. The molecule has 194 valence electrons. The highest BCUT2D eigenvalue weighted by Crippen LogP contribution is 2.38. The summed E-state index contributed by atoms with van der Waals surface area (Å²) in [6.07, 6.45) is 7.03. The first-order valence-electron chi connectivity index (χ1n) is 13.6. The predicted octanol–water partition coefficient (Wildman–Crippen LogP) is 6.54. The summed E-state index contributed by atoms with van der Waals surface area (Å²) in [7, 11) is 3.30. The van der Waals surface area contributed by atoms with Gasteiger partial charge in [0.1, 0.15) is 11.5 Å². The highest BCUT2D eigenvalue weighted by Gasteiger charge is 2.36. The van der Waals surface area contributed by atoms with E-state index < -0.39 is 0 Å². The van der Waals surface area contributed by atoms with E-state index in [0.717, 1.165) is 37.4 Å². The minimum absolute atomic E-state index is 0.00503. The van der Waals surface area contributed by atoms with Crippen LogP contribution in [0.25, 0.3) is 0 Å². The van der Waals surface area contributed by atoms with Crippen molar-refractivity contribution in [3.05, 3.63) is 90.0 Å². The van der Waals surface area contributed by atoms with Crippen LogP contribution in [-0.4, -0.2) is 50.2 Å². The molecule has 0 radical (unpaired) electrons. The number of carbonyl (C=O) groups is 1. The van der Waals surface area contributed by atoms with Crippen molar-refractivity contribution in [1.29, 1.82) is 0 Å². The van der Waals surface area contributed by atoms with Crippen molar-refractivity contribution >= 4 is 11.6 Å². The molecule has 1 aliphatic heterocycles. The van der Waals surface area contributed by atoms with Crippen molar-refractivity contribution in [2.75, 3.05) is 32.2 Å². The lowest BCUT2D eigenvalue weighted by Crippen LogP contribution is -2.51. The molecule has 0 aromatic heterocycles. The first kappa shape index (κ1) is 25.3. The third kappa shape index (κ3) is 5.67. The molecule has 3 aromatic rings. The molecule has 1 saturated carbocycles. The number of ether oxygens (including phenoxy) is 2. The Morgan fingerprint density at radius 3 is 2.19 bits per heavy atom. The van der Waals surface area contributed by atoms with Gasteiger partial charge in [0.25, 0.3) is 5.91 Å². The number of hydrogen-bond acceptors (Lipinski definition) is 4. The lowest BCUT2D eigenvalue weighted by molar-refractivity contribution is 0.0894. The molecule has 2 atom stereocenters. The minimum atomic E-state index is 0.00503. The van der Waals surface area contributed by atoms with Gasteiger partial charge in [-0.15, -0.1) is 0 Å². The highest BCUT2D eigenvalue weighted by atomic mass is 16.5. The maximum Gasteiger partial charge on any atom is 0.258 e. The van der Waals surface area contributed by atoms with Gasteiger partial charge in [0.05, 0.1) is 14.2 Å². The van der Waals surface area contributed by atoms with Crippen LogP contribution < -0.4 is 14.4 Å². The second-order valence-corrected chi connectivity index (χ2v) is 10.2. The molecule has 0 N–H and O–H groups in total. The Balaban J connectivity index is 1.37. The van der Waals surface area contributed by atoms with Crippen molar-refractivity contribution in [2.24, 2.45) is 0 Å². The number of nitrogens with zero attached hydrogens (tertiary/aromatic N) is 2. The van der Waals surface area contributed by atoms with Crippen LogP contribution in [0.5, 0.6) is 11.5 Å². The van der Waals surface area contributed by atoms with Gasteiger partial charge in [0, 0.05) is 42.5 Å². The quantitative estimate of drug-likeness (QED) is 0.371. The minimum Gasteiger partial charge on any atom is -0.497 e. The molecule has 5 rings (SSSR count). The van der Waals surface area contributed by atoms with Crippen LogP contribution >= 0.6 is 0 Å². The number of benzene rings is 3. The van der Waals surface area contributed by atoms with E-state index in [2.05, 4.69) is 35.2 Å². The third-order valence-electron chi connectivity index (χ3n) is 8.16. The molecular weight excluding hydrogens is 460 g/mol. The molecule has 2 aliphatic rings. The van der Waals surface area contributed by atoms with Crippen LogP contribution in [0.2, 0.25) is 0 Å². The first-order chi connectivity index (χ1) is 18.2. The summed E-state index contributed by atoms with van der Waals surface area (Å²) in [5.74, 6) is 2.05. The standard InChI is InChI=1S/C32H38N2O3/c1-36-28-14-8-12-25(22-28)32(35)34(27-13-9-15-29(23-27)37-2)26-18-20-33(21-19-26)31-17-7-6-16-30(31)24-10-4-3-5-11-24/h3-5,8-15,22-23,26,30-31H,6-7,16-21H2,1-2H3/t30-,31-/m1/s1. The second-order valence-electron chi connectivity index (χ2n) is 10.2. The summed E-state index contributed by atoms with van der Waals surface area (Å²) in [5.41, 5.74) is 2.99. The zero-order chi connectivity index (χ0) is 25.6. The Morgan fingerprint density at radius 2 is 1.46 bits per heavy atom. The smallest absolute Gasteiger partial charge is 0.258 e. The first-order valence-corrected chi connectivity index (χ1v) is 13.6. The average Bonchev–Trinajstić information content (AvgIpc) is 2.98. The second kappa shape index (κ2) is 11.8. The molecule has 0 bridgehead atoms. The number of likely N-dealkylation sites (tertiary alicyclic amines) is 1. The maximum atomic E-state index is 13.9. The topological polar surface area (TPSA) is 42.0 Å². The van der Waals surface area contributed by atoms with Crippen LogP contribution in [0.3, 0.4) is 0 Å². The van der Waals surface area contributed by atoms with Crippen molar-refractivity contribution in [2.45, 2.75) is 56.5 Å². The van der Waals surface area contributed by atoms with E-state index >= 15 is 0 Å². The number of carbonyl (C=O) groups excluding carboxylic acids is 1. The van der Waals surface area contributed by atoms with Crippen LogP contribution in [0.4, 0.5) is 5.69 Å². The predicted molar refractivity (Wildman–Crippen MR) is 149 cm³/mol. The van der Waals surface area contributed by atoms with Gasteiger partial charge >= 0.3 is 0 Å². The number of amides is 1. The van der Waals surface area contributed by atoms with E-state index in [-0.39, 0.29) is 11.9 Å². The fourth-order valence-corrected chi connectivity index (χ4v) is 6.26. The number of methoxy groups -OCH3 is 2. The molecule has 1 aliphatic carbocycles. The van der Waals surface area contributed by atoms with E-state index in [0.29, 0.717) is 23.3 Å². The fourth-order valence-electron chi connectivity index (χ4n) is 6.26. The summed E-state index contributed by atoms with van der Waals surface area (Å²) in [4.78, 5) is 18.6. The van der Waals surface area contributed by atoms with Gasteiger partial charge in [-0.05, 0) is 67.5 Å². The van der Waals surface area contributed by atoms with Gasteiger partial charge in [-0.2, -0.15) is 0 Å². The fraction of sp³-hybridized carbons (Fsp3) is 0.406. The third-order valence-corrected chi connectivity index (χ3v) is 8.16. The Hall–Kier alpha value is -3.31. The van der Waals surface area contributed by atoms with E-state index in [1.54, 1.807) is 14.2 Å². The van der Waals surface area contributed by atoms with Crippen LogP contribution in [-0.2, 0) is 0 Å². The molecule has 1 heterocycles. The molecule has 37 heavy (non-hydrogen) atoms. The molecule has 5 heteroatoms. The molecule has 0 spiro atoms. The number of hydrogen-bond donors (Lipinski definition) is 0. The molecule has 3 aromatic carbocycles. The lowest BCUT2D eigenvalue weighted by Gasteiger charge is -2.45. The Labute approximate surface area is 221 Å². The van der Waals surface area contributed by atoms with E-state index in [1.807, 2.05) is 53.4 Å². The molecule has 1 amide bonds. The van der Waals surface area contributed by atoms with Crippen LogP contribution in [0.1, 0.15) is 60.4 Å². The zero-order valence-electron chi connectivity index (χ0n) is 22.0. The largest absolute Gasteiger partial charge is 0.497 e. The summed E-state index contributed by atoms with van der Waals surface area (Å²) in [5, 5.41) is 0. The Morgan fingerprint density at radius 1 is 0.784 bits per heavy atom.